The molecule has 3 nitrogen and oxygen atoms in total. The number of hydrogen-bond donors (Lipinski definition) is 1. The quantitative estimate of drug-likeness (QED) is 0.316. The third-order valence-electron chi connectivity index (χ3n) is 2.80. The molecule has 0 aromatic heterocycles. The summed E-state index contributed by atoms with van der Waals surface area (Å²) in [7, 11) is 0. The van der Waals surface area contributed by atoms with Gasteiger partial charge in [-0.25, -0.2) is 4.99 Å². The summed E-state index contributed by atoms with van der Waals surface area (Å²) in [5.41, 5.74) is 6.79. The van der Waals surface area contributed by atoms with Crippen LogP contribution in [0.1, 0.15) is 6.92 Å². The lowest BCUT2D eigenvalue weighted by Crippen LogP contribution is -2.07. The Kier molecular flexibility index (Phi) is 7.65. The molecule has 0 heterocycles. The molecule has 0 unspecified atom stereocenters. The molecule has 0 aliphatic carbocycles. The fourth-order valence-electron chi connectivity index (χ4n) is 1.78. The molecule has 2 rings (SSSR count). The molecule has 0 amide bonds. The summed E-state index contributed by atoms with van der Waals surface area (Å²) in [6.45, 7) is 2.62. The molecular weight excluding hydrogens is 348 g/mol. The zero-order valence-electron chi connectivity index (χ0n) is 12.9. The Balaban J connectivity index is 1.75. The van der Waals surface area contributed by atoms with Crippen LogP contribution in [0.3, 0.4) is 0 Å². The SMILES string of the molecule is CCOc1ccc(N=C(N)SCCSc2ccc(Cl)cc2)cc1. The predicted octanol–water partition coefficient (Wildman–Crippen LogP) is 5.21. The molecule has 122 valence electrons. The summed E-state index contributed by atoms with van der Waals surface area (Å²) >= 11 is 9.20. The Bertz CT molecular complexity index is 630. The largest absolute Gasteiger partial charge is 0.494 e. The predicted molar refractivity (Wildman–Crippen MR) is 104 cm³/mol. The Hall–Kier alpha value is -1.30. The van der Waals surface area contributed by atoms with Gasteiger partial charge in [0, 0.05) is 21.4 Å². The van der Waals surface area contributed by atoms with Gasteiger partial charge in [-0.15, -0.1) is 11.8 Å². The van der Waals surface area contributed by atoms with E-state index in [4.69, 9.17) is 22.1 Å². The molecule has 0 radical (unpaired) electrons. The Labute approximate surface area is 150 Å². The molecule has 6 heteroatoms. The number of nitrogens with zero attached hydrogens (tertiary/aromatic N) is 1. The minimum absolute atomic E-state index is 0.575. The second kappa shape index (κ2) is 9.75. The zero-order valence-corrected chi connectivity index (χ0v) is 15.3. The molecule has 2 aromatic carbocycles. The van der Waals surface area contributed by atoms with Gasteiger partial charge in [-0.3, -0.25) is 0 Å². The highest BCUT2D eigenvalue weighted by molar-refractivity contribution is 8.14. The topological polar surface area (TPSA) is 47.6 Å². The van der Waals surface area contributed by atoms with Gasteiger partial charge in [-0.2, -0.15) is 0 Å². The van der Waals surface area contributed by atoms with Crippen LogP contribution < -0.4 is 10.5 Å². The summed E-state index contributed by atoms with van der Waals surface area (Å²) in [4.78, 5) is 5.60. The Morgan fingerprint density at radius 2 is 1.78 bits per heavy atom. The van der Waals surface area contributed by atoms with Gasteiger partial charge in [0.1, 0.15) is 5.75 Å². The summed E-state index contributed by atoms with van der Waals surface area (Å²) in [6, 6.07) is 15.5. The number of rotatable bonds is 7. The third kappa shape index (κ3) is 6.77. The number of halogens is 1. The smallest absolute Gasteiger partial charge is 0.159 e. The van der Waals surface area contributed by atoms with Gasteiger partial charge in [0.25, 0.3) is 0 Å². The summed E-state index contributed by atoms with van der Waals surface area (Å²) in [5.74, 6) is 2.71. The molecular formula is C17H19ClN2OS2. The lowest BCUT2D eigenvalue weighted by atomic mass is 10.3. The van der Waals surface area contributed by atoms with Crippen molar-refractivity contribution >= 4 is 46.0 Å². The van der Waals surface area contributed by atoms with E-state index in [2.05, 4.69) is 4.99 Å². The minimum atomic E-state index is 0.575. The highest BCUT2D eigenvalue weighted by Gasteiger charge is 1.99. The van der Waals surface area contributed by atoms with E-state index < -0.39 is 0 Å². The van der Waals surface area contributed by atoms with Crippen LogP contribution in [0.2, 0.25) is 5.02 Å². The molecule has 0 aliphatic rings. The molecule has 0 aliphatic heterocycles. The van der Waals surface area contributed by atoms with E-state index in [0.29, 0.717) is 11.8 Å². The number of hydrogen-bond acceptors (Lipinski definition) is 4. The van der Waals surface area contributed by atoms with Gasteiger partial charge in [0.05, 0.1) is 12.3 Å². The minimum Gasteiger partial charge on any atom is -0.494 e. The van der Waals surface area contributed by atoms with Gasteiger partial charge >= 0.3 is 0 Å². The monoisotopic (exact) mass is 366 g/mol. The van der Waals surface area contributed by atoms with Crippen LogP contribution in [-0.4, -0.2) is 23.3 Å². The van der Waals surface area contributed by atoms with Crippen LogP contribution in [0.5, 0.6) is 5.75 Å². The van der Waals surface area contributed by atoms with Crippen LogP contribution in [-0.2, 0) is 0 Å². The molecule has 0 spiro atoms. The van der Waals surface area contributed by atoms with Crippen molar-refractivity contribution in [1.82, 2.24) is 0 Å². The molecule has 0 saturated carbocycles. The van der Waals surface area contributed by atoms with E-state index in [1.54, 1.807) is 23.5 Å². The van der Waals surface area contributed by atoms with E-state index in [1.807, 2.05) is 55.5 Å². The number of aliphatic imine (C=N–C) groups is 1. The van der Waals surface area contributed by atoms with Gasteiger partial charge in [0.15, 0.2) is 5.17 Å². The second-order valence-corrected chi connectivity index (χ2v) is 7.25. The standard InChI is InChI=1S/C17H19ClN2OS2/c1-2-21-15-7-5-14(6-8-15)20-17(19)23-12-11-22-16-9-3-13(18)4-10-16/h3-10H,2,11-12H2,1H3,(H2,19,20). The van der Waals surface area contributed by atoms with Crippen LogP contribution in [0, 0.1) is 0 Å². The van der Waals surface area contributed by atoms with Crippen molar-refractivity contribution in [3.8, 4) is 5.75 Å². The first-order chi connectivity index (χ1) is 11.2. The summed E-state index contributed by atoms with van der Waals surface area (Å²) in [6.07, 6.45) is 0. The molecule has 2 aromatic rings. The summed E-state index contributed by atoms with van der Waals surface area (Å²) < 4.78 is 5.40. The van der Waals surface area contributed by atoms with E-state index in [-0.39, 0.29) is 0 Å². The Morgan fingerprint density at radius 1 is 1.09 bits per heavy atom. The average molecular weight is 367 g/mol. The third-order valence-corrected chi connectivity index (χ3v) is 5.12. The number of thioether (sulfide) groups is 2. The van der Waals surface area contributed by atoms with Crippen LogP contribution in [0.25, 0.3) is 0 Å². The second-order valence-electron chi connectivity index (χ2n) is 4.53. The van der Waals surface area contributed by atoms with E-state index >= 15 is 0 Å². The molecule has 0 saturated heterocycles. The number of ether oxygens (including phenoxy) is 1. The molecule has 0 atom stereocenters. The van der Waals surface area contributed by atoms with Crippen LogP contribution in [0.15, 0.2) is 58.4 Å². The van der Waals surface area contributed by atoms with Crippen molar-refractivity contribution in [2.24, 2.45) is 10.7 Å². The summed E-state index contributed by atoms with van der Waals surface area (Å²) in [5, 5.41) is 1.33. The van der Waals surface area contributed by atoms with E-state index in [0.717, 1.165) is 28.0 Å². The number of nitrogens with two attached hydrogens (primary N) is 1. The maximum atomic E-state index is 5.96. The van der Waals surface area contributed by atoms with Crippen molar-refractivity contribution in [2.75, 3.05) is 18.1 Å². The first kappa shape index (κ1) is 18.0. The van der Waals surface area contributed by atoms with E-state index in [9.17, 15) is 0 Å². The first-order valence-electron chi connectivity index (χ1n) is 7.25. The molecule has 0 fully saturated rings. The number of amidine groups is 1. The van der Waals surface area contributed by atoms with Crippen molar-refractivity contribution in [2.45, 2.75) is 11.8 Å². The van der Waals surface area contributed by atoms with Crippen molar-refractivity contribution < 1.29 is 4.74 Å². The van der Waals surface area contributed by atoms with Gasteiger partial charge in [0.2, 0.25) is 0 Å². The highest BCUT2D eigenvalue weighted by atomic mass is 35.5. The maximum Gasteiger partial charge on any atom is 0.159 e. The average Bonchev–Trinajstić information content (AvgIpc) is 2.55. The Morgan fingerprint density at radius 3 is 2.43 bits per heavy atom. The lowest BCUT2D eigenvalue weighted by Gasteiger charge is -2.04. The zero-order chi connectivity index (χ0) is 16.5. The van der Waals surface area contributed by atoms with Crippen molar-refractivity contribution in [1.29, 1.82) is 0 Å². The fraction of sp³-hybridized carbons (Fsp3) is 0.235. The van der Waals surface area contributed by atoms with E-state index in [1.165, 1.54) is 4.90 Å². The normalized spacial score (nSPS) is 11.5. The van der Waals surface area contributed by atoms with Crippen molar-refractivity contribution in [3.05, 3.63) is 53.6 Å². The van der Waals surface area contributed by atoms with Gasteiger partial charge in [-0.05, 0) is 55.5 Å². The molecule has 0 bridgehead atoms. The van der Waals surface area contributed by atoms with Crippen LogP contribution >= 0.6 is 35.1 Å². The molecule has 2 N–H and O–H groups in total. The van der Waals surface area contributed by atoms with Crippen molar-refractivity contribution in [3.63, 3.8) is 0 Å². The number of benzene rings is 2. The highest BCUT2D eigenvalue weighted by Crippen LogP contribution is 2.22. The maximum absolute atomic E-state index is 5.96. The fourth-order valence-corrected chi connectivity index (χ4v) is 3.52. The first-order valence-corrected chi connectivity index (χ1v) is 9.60. The lowest BCUT2D eigenvalue weighted by molar-refractivity contribution is 0.340. The van der Waals surface area contributed by atoms with Crippen LogP contribution in [0.4, 0.5) is 5.69 Å². The van der Waals surface area contributed by atoms with Gasteiger partial charge < -0.3 is 10.5 Å². The molecule has 23 heavy (non-hydrogen) atoms. The van der Waals surface area contributed by atoms with Gasteiger partial charge in [-0.1, -0.05) is 23.4 Å².